The van der Waals surface area contributed by atoms with Crippen LogP contribution in [0, 0.1) is 5.92 Å². The minimum absolute atomic E-state index is 0.236. The molecule has 0 fully saturated rings. The Morgan fingerprint density at radius 2 is 2.14 bits per heavy atom. The average molecular weight is 215 g/mol. The van der Waals surface area contributed by atoms with Crippen molar-refractivity contribution in [3.05, 3.63) is 0 Å². The summed E-state index contributed by atoms with van der Waals surface area (Å²) in [5.41, 5.74) is 9.06. The Balaban J connectivity index is 3.89. The Labute approximate surface area is 92.1 Å². The fourth-order valence-corrected chi connectivity index (χ4v) is 1.11. The number of hydrogen-bond donors (Lipinski definition) is 2. The smallest absolute Gasteiger partial charge is 0.184 e. The summed E-state index contributed by atoms with van der Waals surface area (Å²) in [6.45, 7) is 6.56. The zero-order valence-corrected chi connectivity index (χ0v) is 10.2. The van der Waals surface area contributed by atoms with E-state index in [1.165, 1.54) is 12.8 Å². The van der Waals surface area contributed by atoms with E-state index in [2.05, 4.69) is 43.5 Å². The van der Waals surface area contributed by atoms with E-state index in [9.17, 15) is 0 Å². The first-order chi connectivity index (χ1) is 6.60. The Bertz CT molecular complexity index is 202. The van der Waals surface area contributed by atoms with Gasteiger partial charge in [-0.2, -0.15) is 5.10 Å². The minimum Gasteiger partial charge on any atom is -0.375 e. The van der Waals surface area contributed by atoms with Crippen LogP contribution < -0.4 is 11.2 Å². The lowest BCUT2D eigenvalue weighted by Gasteiger charge is -2.09. The molecule has 0 aromatic rings. The Morgan fingerprint density at radius 1 is 1.50 bits per heavy atom. The normalized spacial score (nSPS) is 13.8. The SMILES string of the molecule is CC/C(CCC(C)CC)=N/NC(N)=S. The molecular formula is C10H21N3S. The van der Waals surface area contributed by atoms with Gasteiger partial charge in [0.05, 0.1) is 0 Å². The van der Waals surface area contributed by atoms with Crippen LogP contribution in [-0.4, -0.2) is 10.8 Å². The molecule has 0 saturated carbocycles. The van der Waals surface area contributed by atoms with Crippen molar-refractivity contribution in [2.75, 3.05) is 0 Å². The summed E-state index contributed by atoms with van der Waals surface area (Å²) < 4.78 is 0. The summed E-state index contributed by atoms with van der Waals surface area (Å²) in [6.07, 6.45) is 4.38. The fraction of sp³-hybridized carbons (Fsp3) is 0.800. The van der Waals surface area contributed by atoms with Crippen LogP contribution in [0.1, 0.15) is 46.5 Å². The first kappa shape index (κ1) is 13.4. The molecule has 4 heteroatoms. The van der Waals surface area contributed by atoms with Gasteiger partial charge in [-0.1, -0.05) is 27.2 Å². The third-order valence-corrected chi connectivity index (χ3v) is 2.45. The lowest BCUT2D eigenvalue weighted by molar-refractivity contribution is 0.526. The van der Waals surface area contributed by atoms with Crippen LogP contribution >= 0.6 is 12.2 Å². The van der Waals surface area contributed by atoms with Gasteiger partial charge in [-0.3, -0.25) is 5.43 Å². The summed E-state index contributed by atoms with van der Waals surface area (Å²) in [6, 6.07) is 0. The van der Waals surface area contributed by atoms with E-state index < -0.39 is 0 Å². The molecule has 0 aliphatic carbocycles. The second-order valence-electron chi connectivity index (χ2n) is 3.56. The van der Waals surface area contributed by atoms with Crippen LogP contribution in [-0.2, 0) is 0 Å². The number of nitrogens with two attached hydrogens (primary N) is 1. The number of rotatable bonds is 6. The van der Waals surface area contributed by atoms with Crippen molar-refractivity contribution in [1.29, 1.82) is 0 Å². The van der Waals surface area contributed by atoms with E-state index >= 15 is 0 Å². The molecule has 14 heavy (non-hydrogen) atoms. The van der Waals surface area contributed by atoms with Crippen molar-refractivity contribution in [3.8, 4) is 0 Å². The molecule has 0 spiro atoms. The van der Waals surface area contributed by atoms with Gasteiger partial charge in [-0.25, -0.2) is 0 Å². The maximum absolute atomic E-state index is 5.29. The predicted molar refractivity (Wildman–Crippen MR) is 66.3 cm³/mol. The highest BCUT2D eigenvalue weighted by Crippen LogP contribution is 2.10. The van der Waals surface area contributed by atoms with Gasteiger partial charge >= 0.3 is 0 Å². The van der Waals surface area contributed by atoms with Crippen LogP contribution in [0.15, 0.2) is 5.10 Å². The quantitative estimate of drug-likeness (QED) is 0.406. The van der Waals surface area contributed by atoms with Gasteiger partial charge in [-0.15, -0.1) is 0 Å². The highest BCUT2D eigenvalue weighted by molar-refractivity contribution is 7.80. The Hall–Kier alpha value is -0.640. The number of thiocarbonyl (C=S) groups is 1. The van der Waals surface area contributed by atoms with Gasteiger partial charge in [0.15, 0.2) is 5.11 Å². The molecule has 0 rings (SSSR count). The molecule has 3 N–H and O–H groups in total. The topological polar surface area (TPSA) is 50.4 Å². The van der Waals surface area contributed by atoms with E-state index in [1.54, 1.807) is 0 Å². The second-order valence-corrected chi connectivity index (χ2v) is 4.00. The molecule has 3 nitrogen and oxygen atoms in total. The van der Waals surface area contributed by atoms with E-state index in [4.69, 9.17) is 5.73 Å². The molecule has 0 saturated heterocycles. The van der Waals surface area contributed by atoms with Crippen molar-refractivity contribution >= 4 is 23.0 Å². The summed E-state index contributed by atoms with van der Waals surface area (Å²) in [4.78, 5) is 0. The van der Waals surface area contributed by atoms with Crippen molar-refractivity contribution in [1.82, 2.24) is 5.43 Å². The molecule has 82 valence electrons. The van der Waals surface area contributed by atoms with Crippen LogP contribution in [0.2, 0.25) is 0 Å². The standard InChI is InChI=1S/C10H21N3S/c1-4-8(3)6-7-9(5-2)12-13-10(11)14/h8H,4-7H2,1-3H3,(H3,11,13,14)/b12-9-. The average Bonchev–Trinajstić information content (AvgIpc) is 2.17. The van der Waals surface area contributed by atoms with Crippen LogP contribution in [0.4, 0.5) is 0 Å². The summed E-state index contributed by atoms with van der Waals surface area (Å²) in [5, 5.41) is 4.38. The Kier molecular flexibility index (Phi) is 7.38. The highest BCUT2D eigenvalue weighted by Gasteiger charge is 2.02. The first-order valence-electron chi connectivity index (χ1n) is 5.21. The highest BCUT2D eigenvalue weighted by atomic mass is 32.1. The van der Waals surface area contributed by atoms with E-state index in [-0.39, 0.29) is 5.11 Å². The zero-order valence-electron chi connectivity index (χ0n) is 9.34. The van der Waals surface area contributed by atoms with Gasteiger partial charge < -0.3 is 5.73 Å². The minimum atomic E-state index is 0.236. The third-order valence-electron chi connectivity index (χ3n) is 2.35. The maximum Gasteiger partial charge on any atom is 0.184 e. The second kappa shape index (κ2) is 7.74. The van der Waals surface area contributed by atoms with Crippen molar-refractivity contribution in [3.63, 3.8) is 0 Å². The monoisotopic (exact) mass is 215 g/mol. The number of hydrogen-bond acceptors (Lipinski definition) is 2. The number of nitrogens with one attached hydrogen (secondary N) is 1. The van der Waals surface area contributed by atoms with E-state index in [0.717, 1.165) is 24.5 Å². The summed E-state index contributed by atoms with van der Waals surface area (Å²) in [5.74, 6) is 0.761. The van der Waals surface area contributed by atoms with Gasteiger partial charge in [-0.05, 0) is 37.4 Å². The van der Waals surface area contributed by atoms with Gasteiger partial charge in [0, 0.05) is 5.71 Å². The predicted octanol–water partition coefficient (Wildman–Crippen LogP) is 2.41. The summed E-state index contributed by atoms with van der Waals surface area (Å²) in [7, 11) is 0. The van der Waals surface area contributed by atoms with E-state index in [0.29, 0.717) is 0 Å². The van der Waals surface area contributed by atoms with Crippen molar-refractivity contribution in [2.45, 2.75) is 46.5 Å². The molecule has 0 bridgehead atoms. The van der Waals surface area contributed by atoms with Gasteiger partial charge in [0.2, 0.25) is 0 Å². The Morgan fingerprint density at radius 3 is 2.57 bits per heavy atom. The lowest BCUT2D eigenvalue weighted by atomic mass is 10.0. The molecule has 1 atom stereocenters. The van der Waals surface area contributed by atoms with Crippen LogP contribution in [0.5, 0.6) is 0 Å². The molecule has 0 aromatic carbocycles. The molecule has 0 aliphatic rings. The lowest BCUT2D eigenvalue weighted by Crippen LogP contribution is -2.25. The van der Waals surface area contributed by atoms with Gasteiger partial charge in [0.25, 0.3) is 0 Å². The molecular weight excluding hydrogens is 194 g/mol. The summed E-state index contributed by atoms with van der Waals surface area (Å²) >= 11 is 4.68. The number of nitrogens with zero attached hydrogens (tertiary/aromatic N) is 1. The number of hydrazone groups is 1. The molecule has 0 radical (unpaired) electrons. The van der Waals surface area contributed by atoms with Crippen LogP contribution in [0.3, 0.4) is 0 Å². The molecule has 0 amide bonds. The fourth-order valence-electron chi connectivity index (χ4n) is 1.06. The first-order valence-corrected chi connectivity index (χ1v) is 5.61. The zero-order chi connectivity index (χ0) is 11.0. The molecule has 0 heterocycles. The van der Waals surface area contributed by atoms with Crippen molar-refractivity contribution in [2.24, 2.45) is 16.8 Å². The third kappa shape index (κ3) is 6.83. The van der Waals surface area contributed by atoms with Crippen molar-refractivity contribution < 1.29 is 0 Å². The molecule has 0 aliphatic heterocycles. The largest absolute Gasteiger partial charge is 0.375 e. The molecule has 0 aromatic heterocycles. The maximum atomic E-state index is 5.29. The van der Waals surface area contributed by atoms with E-state index in [1.807, 2.05) is 0 Å². The molecule has 1 unspecified atom stereocenters. The van der Waals surface area contributed by atoms with Gasteiger partial charge in [0.1, 0.15) is 0 Å². The van der Waals surface area contributed by atoms with Crippen LogP contribution in [0.25, 0.3) is 0 Å².